The Hall–Kier alpha value is -1.77. The zero-order chi connectivity index (χ0) is 15.0. The Morgan fingerprint density at radius 2 is 1.90 bits per heavy atom. The van der Waals surface area contributed by atoms with Crippen LogP contribution in [0.15, 0.2) is 35.9 Å². The normalized spacial score (nSPS) is 11.8. The van der Waals surface area contributed by atoms with Crippen molar-refractivity contribution >= 4 is 5.97 Å². The molecule has 1 aromatic rings. The fourth-order valence-electron chi connectivity index (χ4n) is 1.87. The average Bonchev–Trinajstić information content (AvgIpc) is 2.39. The highest BCUT2D eigenvalue weighted by atomic mass is 16.5. The van der Waals surface area contributed by atoms with Gasteiger partial charge in [0.2, 0.25) is 0 Å². The van der Waals surface area contributed by atoms with Gasteiger partial charge in [0.25, 0.3) is 0 Å². The highest BCUT2D eigenvalue weighted by Crippen LogP contribution is 2.15. The van der Waals surface area contributed by atoms with Gasteiger partial charge in [0.1, 0.15) is 5.75 Å². The topological polar surface area (TPSA) is 46.5 Å². The Balaban J connectivity index is 2.26. The standard InChI is InChI=1S/C17H24O3/c1-13(2)5-4-6-14(3)11-12-20-16-9-7-15(8-10-16)17(18)19/h5,7-10,14H,4,6,11-12H2,1-3H3,(H,18,19). The fraction of sp³-hybridized carbons (Fsp3) is 0.471. The first-order valence-electron chi connectivity index (χ1n) is 7.08. The molecule has 0 aliphatic heterocycles. The van der Waals surface area contributed by atoms with E-state index < -0.39 is 5.97 Å². The molecule has 1 unspecified atom stereocenters. The highest BCUT2D eigenvalue weighted by Gasteiger charge is 2.04. The Bertz CT molecular complexity index is 442. The van der Waals surface area contributed by atoms with Gasteiger partial charge in [-0.05, 0) is 63.3 Å². The summed E-state index contributed by atoms with van der Waals surface area (Å²) in [6, 6.07) is 6.54. The van der Waals surface area contributed by atoms with E-state index in [0.29, 0.717) is 12.5 Å². The van der Waals surface area contributed by atoms with Crippen LogP contribution < -0.4 is 4.74 Å². The molecule has 0 spiro atoms. The van der Waals surface area contributed by atoms with Crippen LogP contribution in [-0.2, 0) is 0 Å². The summed E-state index contributed by atoms with van der Waals surface area (Å²) in [5.74, 6) is 0.444. The summed E-state index contributed by atoms with van der Waals surface area (Å²) in [6.45, 7) is 7.14. The van der Waals surface area contributed by atoms with Crippen molar-refractivity contribution in [2.45, 2.75) is 40.0 Å². The van der Waals surface area contributed by atoms with Crippen molar-refractivity contribution in [2.75, 3.05) is 6.61 Å². The maximum absolute atomic E-state index is 10.7. The predicted molar refractivity (Wildman–Crippen MR) is 81.3 cm³/mol. The number of benzene rings is 1. The largest absolute Gasteiger partial charge is 0.494 e. The summed E-state index contributed by atoms with van der Waals surface area (Å²) >= 11 is 0. The molecule has 0 aromatic heterocycles. The smallest absolute Gasteiger partial charge is 0.335 e. The van der Waals surface area contributed by atoms with Gasteiger partial charge in [-0.2, -0.15) is 0 Å². The van der Waals surface area contributed by atoms with E-state index in [1.807, 2.05) is 0 Å². The minimum Gasteiger partial charge on any atom is -0.494 e. The van der Waals surface area contributed by atoms with E-state index in [9.17, 15) is 4.79 Å². The third-order valence-electron chi connectivity index (χ3n) is 3.19. The van der Waals surface area contributed by atoms with Crippen molar-refractivity contribution in [2.24, 2.45) is 5.92 Å². The summed E-state index contributed by atoms with van der Waals surface area (Å²) in [7, 11) is 0. The Labute approximate surface area is 121 Å². The zero-order valence-corrected chi connectivity index (χ0v) is 12.6. The van der Waals surface area contributed by atoms with Gasteiger partial charge in [-0.3, -0.25) is 0 Å². The summed E-state index contributed by atoms with van der Waals surface area (Å²) in [5.41, 5.74) is 1.65. The summed E-state index contributed by atoms with van der Waals surface area (Å²) in [5, 5.41) is 8.80. The lowest BCUT2D eigenvalue weighted by atomic mass is 10.0. The average molecular weight is 276 g/mol. The molecule has 0 heterocycles. The molecule has 0 saturated heterocycles. The van der Waals surface area contributed by atoms with Crippen LogP contribution in [0.2, 0.25) is 0 Å². The van der Waals surface area contributed by atoms with E-state index in [2.05, 4.69) is 26.8 Å². The lowest BCUT2D eigenvalue weighted by molar-refractivity contribution is 0.0697. The van der Waals surface area contributed by atoms with Gasteiger partial charge in [-0.15, -0.1) is 0 Å². The molecule has 0 saturated carbocycles. The van der Waals surface area contributed by atoms with E-state index in [1.54, 1.807) is 24.3 Å². The number of carbonyl (C=O) groups is 1. The molecule has 1 N–H and O–H groups in total. The van der Waals surface area contributed by atoms with Gasteiger partial charge in [0.15, 0.2) is 0 Å². The van der Waals surface area contributed by atoms with Crippen molar-refractivity contribution in [3.63, 3.8) is 0 Å². The number of hydrogen-bond donors (Lipinski definition) is 1. The van der Waals surface area contributed by atoms with Crippen molar-refractivity contribution < 1.29 is 14.6 Å². The minimum absolute atomic E-state index is 0.285. The van der Waals surface area contributed by atoms with Gasteiger partial charge in [0, 0.05) is 0 Å². The number of aromatic carboxylic acids is 1. The van der Waals surface area contributed by atoms with E-state index in [-0.39, 0.29) is 5.56 Å². The second-order valence-corrected chi connectivity index (χ2v) is 5.43. The van der Waals surface area contributed by atoms with E-state index in [0.717, 1.165) is 18.6 Å². The number of carboxylic acids is 1. The van der Waals surface area contributed by atoms with Crippen molar-refractivity contribution in [3.8, 4) is 5.75 Å². The molecular weight excluding hydrogens is 252 g/mol. The maximum Gasteiger partial charge on any atom is 0.335 e. The van der Waals surface area contributed by atoms with E-state index in [1.165, 1.54) is 12.0 Å². The van der Waals surface area contributed by atoms with Crippen LogP contribution in [0, 0.1) is 5.92 Å². The number of carboxylic acid groups (broad SMARTS) is 1. The number of rotatable bonds is 8. The number of hydrogen-bond acceptors (Lipinski definition) is 2. The molecule has 1 aromatic carbocycles. The van der Waals surface area contributed by atoms with Gasteiger partial charge in [-0.25, -0.2) is 4.79 Å². The highest BCUT2D eigenvalue weighted by molar-refractivity contribution is 5.87. The molecule has 0 radical (unpaired) electrons. The molecular formula is C17H24O3. The van der Waals surface area contributed by atoms with Crippen LogP contribution in [-0.4, -0.2) is 17.7 Å². The maximum atomic E-state index is 10.7. The second-order valence-electron chi connectivity index (χ2n) is 5.43. The quantitative estimate of drug-likeness (QED) is 0.709. The monoisotopic (exact) mass is 276 g/mol. The Kier molecular flexibility index (Phi) is 6.85. The summed E-state index contributed by atoms with van der Waals surface area (Å²) in [4.78, 5) is 10.7. The van der Waals surface area contributed by atoms with Crippen LogP contribution in [0.5, 0.6) is 5.75 Å². The predicted octanol–water partition coefficient (Wildman–Crippen LogP) is 4.54. The van der Waals surface area contributed by atoms with Crippen LogP contribution in [0.4, 0.5) is 0 Å². The lowest BCUT2D eigenvalue weighted by Gasteiger charge is -2.11. The van der Waals surface area contributed by atoms with Gasteiger partial charge >= 0.3 is 5.97 Å². The van der Waals surface area contributed by atoms with Crippen molar-refractivity contribution in [1.29, 1.82) is 0 Å². The molecule has 3 heteroatoms. The Morgan fingerprint density at radius 1 is 1.25 bits per heavy atom. The Morgan fingerprint density at radius 3 is 2.45 bits per heavy atom. The third kappa shape index (κ3) is 6.41. The van der Waals surface area contributed by atoms with Crippen LogP contribution >= 0.6 is 0 Å². The molecule has 1 atom stereocenters. The fourth-order valence-corrected chi connectivity index (χ4v) is 1.87. The van der Waals surface area contributed by atoms with Crippen molar-refractivity contribution in [1.82, 2.24) is 0 Å². The SMILES string of the molecule is CC(C)=CCCC(C)CCOc1ccc(C(=O)O)cc1. The molecule has 0 aliphatic carbocycles. The zero-order valence-electron chi connectivity index (χ0n) is 12.6. The van der Waals surface area contributed by atoms with E-state index in [4.69, 9.17) is 9.84 Å². The first-order chi connectivity index (χ1) is 9.49. The molecule has 20 heavy (non-hydrogen) atoms. The van der Waals surface area contributed by atoms with Gasteiger partial charge in [-0.1, -0.05) is 18.6 Å². The first kappa shape index (κ1) is 16.3. The molecule has 0 bridgehead atoms. The molecule has 0 fully saturated rings. The number of ether oxygens (including phenoxy) is 1. The van der Waals surface area contributed by atoms with Gasteiger partial charge < -0.3 is 9.84 Å². The molecule has 0 amide bonds. The molecule has 1 rings (SSSR count). The van der Waals surface area contributed by atoms with E-state index >= 15 is 0 Å². The third-order valence-corrected chi connectivity index (χ3v) is 3.19. The van der Waals surface area contributed by atoms with Crippen LogP contribution in [0.3, 0.4) is 0 Å². The molecule has 3 nitrogen and oxygen atoms in total. The molecule has 110 valence electrons. The second kappa shape index (κ2) is 8.41. The van der Waals surface area contributed by atoms with Gasteiger partial charge in [0.05, 0.1) is 12.2 Å². The van der Waals surface area contributed by atoms with Crippen LogP contribution in [0.1, 0.15) is 50.4 Å². The van der Waals surface area contributed by atoms with Crippen molar-refractivity contribution in [3.05, 3.63) is 41.5 Å². The minimum atomic E-state index is -0.913. The molecule has 0 aliphatic rings. The summed E-state index contributed by atoms with van der Waals surface area (Å²) < 4.78 is 5.63. The summed E-state index contributed by atoms with van der Waals surface area (Å²) in [6.07, 6.45) is 5.57. The lowest BCUT2D eigenvalue weighted by Crippen LogP contribution is -2.04. The number of allylic oxidation sites excluding steroid dienone is 2. The van der Waals surface area contributed by atoms with Crippen LogP contribution in [0.25, 0.3) is 0 Å². The first-order valence-corrected chi connectivity index (χ1v) is 7.08.